The molecule has 3 rings (SSSR count). The molecule has 0 saturated heterocycles. The molecule has 1 aliphatic rings. The Balaban J connectivity index is 2.17. The monoisotopic (exact) mass is 281 g/mol. The van der Waals surface area contributed by atoms with Gasteiger partial charge in [0.2, 0.25) is 6.10 Å². The maximum Gasteiger partial charge on any atom is 0.418 e. The third-order valence-electron chi connectivity index (χ3n) is 3.79. The third kappa shape index (κ3) is 2.09. The van der Waals surface area contributed by atoms with Gasteiger partial charge in [0.25, 0.3) is 0 Å². The second-order valence-electron chi connectivity index (χ2n) is 4.80. The standard InChI is InChI=1S/C17H13O4/c1-20-17(19)16(21-10-18)15-13-8-4-2-6-11(13)12-7-3-5-9-14(12)15/h2-9,15-16H,1H3. The number of carbonyl (C=O) groups is 1. The van der Waals surface area contributed by atoms with Gasteiger partial charge in [0, 0.05) is 0 Å². The second-order valence-corrected chi connectivity index (χ2v) is 4.80. The summed E-state index contributed by atoms with van der Waals surface area (Å²) >= 11 is 0. The largest absolute Gasteiger partial charge is 0.466 e. The Hall–Kier alpha value is -2.62. The lowest BCUT2D eigenvalue weighted by atomic mass is 9.91. The van der Waals surface area contributed by atoms with Crippen molar-refractivity contribution >= 4 is 12.4 Å². The van der Waals surface area contributed by atoms with E-state index >= 15 is 0 Å². The van der Waals surface area contributed by atoms with Crippen LogP contribution in [0.3, 0.4) is 0 Å². The lowest BCUT2D eigenvalue weighted by molar-refractivity contribution is -0.150. The zero-order valence-corrected chi connectivity index (χ0v) is 11.4. The van der Waals surface area contributed by atoms with E-state index < -0.39 is 12.1 Å². The van der Waals surface area contributed by atoms with Crippen molar-refractivity contribution in [3.8, 4) is 11.1 Å². The van der Waals surface area contributed by atoms with Gasteiger partial charge in [-0.1, -0.05) is 48.5 Å². The first kappa shape index (κ1) is 13.4. The van der Waals surface area contributed by atoms with Crippen LogP contribution in [-0.2, 0) is 19.1 Å². The van der Waals surface area contributed by atoms with E-state index in [4.69, 9.17) is 9.47 Å². The number of hydrogen-bond acceptors (Lipinski definition) is 4. The summed E-state index contributed by atoms with van der Waals surface area (Å²) in [5.41, 5.74) is 3.98. The highest BCUT2D eigenvalue weighted by Gasteiger charge is 2.40. The number of benzene rings is 2. The third-order valence-corrected chi connectivity index (χ3v) is 3.79. The van der Waals surface area contributed by atoms with Crippen LogP contribution in [0.25, 0.3) is 11.1 Å². The molecule has 0 saturated carbocycles. The molecule has 2 aromatic carbocycles. The average Bonchev–Trinajstić information content (AvgIpc) is 2.86. The van der Waals surface area contributed by atoms with Gasteiger partial charge in [0.15, 0.2) is 0 Å². The number of hydrogen-bond donors (Lipinski definition) is 0. The van der Waals surface area contributed by atoms with Crippen LogP contribution in [-0.4, -0.2) is 25.7 Å². The summed E-state index contributed by atoms with van der Waals surface area (Å²) in [5, 5.41) is 0. The minimum Gasteiger partial charge on any atom is -0.466 e. The Morgan fingerprint density at radius 3 is 2.05 bits per heavy atom. The fraction of sp³-hybridized carbons (Fsp3) is 0.176. The van der Waals surface area contributed by atoms with Gasteiger partial charge in [-0.25, -0.2) is 9.59 Å². The summed E-state index contributed by atoms with van der Waals surface area (Å²) in [4.78, 5) is 22.6. The molecule has 4 nitrogen and oxygen atoms in total. The van der Waals surface area contributed by atoms with Gasteiger partial charge in [-0.3, -0.25) is 0 Å². The first-order valence-electron chi connectivity index (χ1n) is 6.56. The van der Waals surface area contributed by atoms with Crippen molar-refractivity contribution in [1.29, 1.82) is 0 Å². The van der Waals surface area contributed by atoms with Crippen LogP contribution in [0.5, 0.6) is 0 Å². The van der Waals surface area contributed by atoms with Crippen LogP contribution >= 0.6 is 0 Å². The summed E-state index contributed by atoms with van der Waals surface area (Å²) in [5.74, 6) is -0.957. The van der Waals surface area contributed by atoms with E-state index in [1.54, 1.807) is 0 Å². The van der Waals surface area contributed by atoms with Crippen LogP contribution in [0.1, 0.15) is 17.0 Å². The second kappa shape index (κ2) is 5.40. The molecular formula is C17H13O4. The van der Waals surface area contributed by atoms with Crippen LogP contribution in [0, 0.1) is 0 Å². The number of carbonyl (C=O) groups excluding carboxylic acids is 2. The van der Waals surface area contributed by atoms with E-state index in [0.717, 1.165) is 22.3 Å². The minimum absolute atomic E-state index is 0.369. The molecule has 0 heterocycles. The molecule has 2 aromatic rings. The highest BCUT2D eigenvalue weighted by molar-refractivity contribution is 5.85. The van der Waals surface area contributed by atoms with Crippen molar-refractivity contribution in [2.24, 2.45) is 0 Å². The minimum atomic E-state index is -1.03. The zero-order valence-electron chi connectivity index (χ0n) is 11.4. The fourth-order valence-corrected chi connectivity index (χ4v) is 2.94. The molecule has 1 unspecified atom stereocenters. The SMILES string of the molecule is COC(=O)C(O[C]=O)C1c2ccccc2-c2ccccc21. The van der Waals surface area contributed by atoms with E-state index in [9.17, 15) is 9.59 Å². The molecule has 105 valence electrons. The summed E-state index contributed by atoms with van der Waals surface area (Å²) in [7, 11) is 1.27. The van der Waals surface area contributed by atoms with Crippen molar-refractivity contribution in [2.75, 3.05) is 7.11 Å². The Morgan fingerprint density at radius 1 is 1.05 bits per heavy atom. The van der Waals surface area contributed by atoms with Gasteiger partial charge < -0.3 is 9.47 Å². The predicted octanol–water partition coefficient (Wildman–Crippen LogP) is 2.42. The van der Waals surface area contributed by atoms with E-state index in [1.807, 2.05) is 48.5 Å². The number of rotatable bonds is 4. The quantitative estimate of drug-likeness (QED) is 0.808. The maximum absolute atomic E-state index is 12.0. The predicted molar refractivity (Wildman–Crippen MR) is 76.3 cm³/mol. The highest BCUT2D eigenvalue weighted by atomic mass is 16.6. The topological polar surface area (TPSA) is 52.6 Å². The molecule has 0 fully saturated rings. The lowest BCUT2D eigenvalue weighted by Crippen LogP contribution is -2.31. The molecular weight excluding hydrogens is 268 g/mol. The fourth-order valence-electron chi connectivity index (χ4n) is 2.94. The Kier molecular flexibility index (Phi) is 3.44. The molecule has 0 spiro atoms. The van der Waals surface area contributed by atoms with Gasteiger partial charge in [0.05, 0.1) is 13.0 Å². The number of esters is 1. The first-order valence-corrected chi connectivity index (χ1v) is 6.56. The average molecular weight is 281 g/mol. The van der Waals surface area contributed by atoms with Crippen molar-refractivity contribution in [2.45, 2.75) is 12.0 Å². The lowest BCUT2D eigenvalue weighted by Gasteiger charge is -2.21. The van der Waals surface area contributed by atoms with E-state index in [-0.39, 0.29) is 5.92 Å². The summed E-state index contributed by atoms with van der Waals surface area (Å²) in [6, 6.07) is 15.5. The van der Waals surface area contributed by atoms with Crippen LogP contribution in [0.2, 0.25) is 0 Å². The summed E-state index contributed by atoms with van der Waals surface area (Å²) in [6.07, 6.45) is -1.03. The smallest absolute Gasteiger partial charge is 0.418 e. The van der Waals surface area contributed by atoms with Gasteiger partial charge in [0.1, 0.15) is 0 Å². The van der Waals surface area contributed by atoms with E-state index in [2.05, 4.69) is 0 Å². The van der Waals surface area contributed by atoms with Crippen LogP contribution in [0.4, 0.5) is 0 Å². The van der Waals surface area contributed by atoms with Gasteiger partial charge in [-0.2, -0.15) is 0 Å². The summed E-state index contributed by atoms with van der Waals surface area (Å²) in [6.45, 7) is 1.37. The normalized spacial score (nSPS) is 14.0. The Morgan fingerprint density at radius 2 is 1.57 bits per heavy atom. The molecule has 1 radical (unpaired) electrons. The van der Waals surface area contributed by atoms with Crippen molar-refractivity contribution in [1.82, 2.24) is 0 Å². The Labute approximate surface area is 122 Å². The molecule has 0 aliphatic heterocycles. The molecule has 0 amide bonds. The number of ether oxygens (including phenoxy) is 2. The molecule has 0 aromatic heterocycles. The van der Waals surface area contributed by atoms with Crippen molar-refractivity contribution < 1.29 is 19.1 Å². The molecule has 4 heteroatoms. The van der Waals surface area contributed by atoms with E-state index in [0.29, 0.717) is 0 Å². The van der Waals surface area contributed by atoms with Gasteiger partial charge in [-0.15, -0.1) is 0 Å². The van der Waals surface area contributed by atoms with Gasteiger partial charge in [-0.05, 0) is 22.3 Å². The van der Waals surface area contributed by atoms with Crippen LogP contribution in [0.15, 0.2) is 48.5 Å². The van der Waals surface area contributed by atoms with Gasteiger partial charge >= 0.3 is 12.4 Å². The molecule has 1 atom stereocenters. The van der Waals surface area contributed by atoms with E-state index in [1.165, 1.54) is 13.6 Å². The number of methoxy groups -OCH3 is 1. The molecule has 0 bridgehead atoms. The summed E-state index contributed by atoms with van der Waals surface area (Å²) < 4.78 is 9.68. The molecule has 1 aliphatic carbocycles. The van der Waals surface area contributed by atoms with Crippen LogP contribution < -0.4 is 0 Å². The van der Waals surface area contributed by atoms with Crippen molar-refractivity contribution in [3.63, 3.8) is 0 Å². The highest BCUT2D eigenvalue weighted by Crippen LogP contribution is 2.46. The number of fused-ring (bicyclic) bond motifs is 3. The molecule has 0 N–H and O–H groups in total. The Bertz CT molecular complexity index is 647. The first-order chi connectivity index (χ1) is 10.3. The molecule has 21 heavy (non-hydrogen) atoms. The zero-order chi connectivity index (χ0) is 14.8. The van der Waals surface area contributed by atoms with Crippen molar-refractivity contribution in [3.05, 3.63) is 59.7 Å². The maximum atomic E-state index is 12.0.